The maximum Gasteiger partial charge on any atom is 0.330 e. The van der Waals surface area contributed by atoms with Gasteiger partial charge in [0.15, 0.2) is 11.5 Å². The molecule has 0 fully saturated rings. The molecule has 0 spiro atoms. The summed E-state index contributed by atoms with van der Waals surface area (Å²) < 4.78 is 16.5. The molecule has 4 aromatic rings. The molecule has 0 aliphatic heterocycles. The Morgan fingerprint density at radius 3 is 2.53 bits per heavy atom. The Balaban J connectivity index is 1.53. The Bertz CT molecular complexity index is 1290. The van der Waals surface area contributed by atoms with E-state index in [-0.39, 0.29) is 5.97 Å². The third kappa shape index (κ3) is 5.69. The molecular weight excluding hydrogens is 430 g/mol. The molecule has 34 heavy (non-hydrogen) atoms. The van der Waals surface area contributed by atoms with Crippen molar-refractivity contribution in [3.05, 3.63) is 90.3 Å². The van der Waals surface area contributed by atoms with E-state index in [9.17, 15) is 4.79 Å². The normalized spacial score (nSPS) is 10.9. The van der Waals surface area contributed by atoms with Crippen molar-refractivity contribution in [3.8, 4) is 11.5 Å². The lowest BCUT2D eigenvalue weighted by Gasteiger charge is -2.14. The molecule has 0 atom stereocenters. The minimum Gasteiger partial charge on any atom is -0.493 e. The SMILES string of the molecule is CCOC(=O)/C=C/c1ccc(Nc2ncnc3cc(OCc4ccccc4)c(OC)cc23)cc1. The van der Waals surface area contributed by atoms with E-state index >= 15 is 0 Å². The average Bonchev–Trinajstić information content (AvgIpc) is 2.87. The predicted octanol–water partition coefficient (Wildman–Crippen LogP) is 5.54. The largest absolute Gasteiger partial charge is 0.493 e. The lowest BCUT2D eigenvalue weighted by atomic mass is 10.1. The van der Waals surface area contributed by atoms with E-state index in [1.54, 1.807) is 20.1 Å². The second-order valence-corrected chi connectivity index (χ2v) is 7.35. The second kappa shape index (κ2) is 11.0. The number of hydrogen-bond acceptors (Lipinski definition) is 7. The molecule has 0 unspecified atom stereocenters. The molecule has 172 valence electrons. The molecule has 0 amide bonds. The second-order valence-electron chi connectivity index (χ2n) is 7.35. The van der Waals surface area contributed by atoms with Crippen molar-refractivity contribution in [3.63, 3.8) is 0 Å². The molecule has 1 N–H and O–H groups in total. The van der Waals surface area contributed by atoms with Crippen molar-refractivity contribution in [2.24, 2.45) is 0 Å². The molecule has 0 aliphatic carbocycles. The number of nitrogens with one attached hydrogen (secondary N) is 1. The monoisotopic (exact) mass is 455 g/mol. The van der Waals surface area contributed by atoms with Gasteiger partial charge in [-0.3, -0.25) is 0 Å². The third-order valence-corrected chi connectivity index (χ3v) is 5.03. The molecule has 0 saturated carbocycles. The topological polar surface area (TPSA) is 82.6 Å². The molecule has 0 aliphatic rings. The predicted molar refractivity (Wildman–Crippen MR) is 132 cm³/mol. The Kier molecular flexibility index (Phi) is 7.35. The fourth-order valence-electron chi connectivity index (χ4n) is 3.34. The van der Waals surface area contributed by atoms with Gasteiger partial charge in [0.05, 0.1) is 19.2 Å². The summed E-state index contributed by atoms with van der Waals surface area (Å²) in [7, 11) is 1.61. The van der Waals surface area contributed by atoms with Gasteiger partial charge in [0.25, 0.3) is 0 Å². The van der Waals surface area contributed by atoms with Gasteiger partial charge in [0.1, 0.15) is 18.8 Å². The van der Waals surface area contributed by atoms with E-state index in [1.807, 2.05) is 66.7 Å². The maximum atomic E-state index is 11.5. The molecular formula is C27H25N3O4. The van der Waals surface area contributed by atoms with Crippen LogP contribution in [0.2, 0.25) is 0 Å². The Labute approximate surface area is 198 Å². The Morgan fingerprint density at radius 2 is 1.79 bits per heavy atom. The number of carbonyl (C=O) groups excluding carboxylic acids is 1. The summed E-state index contributed by atoms with van der Waals surface area (Å²) in [5.74, 6) is 1.49. The molecule has 0 radical (unpaired) electrons. The number of nitrogens with zero attached hydrogens (tertiary/aromatic N) is 2. The highest BCUT2D eigenvalue weighted by Crippen LogP contribution is 2.35. The highest BCUT2D eigenvalue weighted by molar-refractivity contribution is 5.93. The number of rotatable bonds is 9. The first kappa shape index (κ1) is 22.8. The average molecular weight is 456 g/mol. The lowest BCUT2D eigenvalue weighted by molar-refractivity contribution is -0.137. The zero-order valence-corrected chi connectivity index (χ0v) is 19.0. The van der Waals surface area contributed by atoms with Crippen LogP contribution in [0.1, 0.15) is 18.1 Å². The van der Waals surface area contributed by atoms with Crippen LogP contribution in [0.5, 0.6) is 11.5 Å². The van der Waals surface area contributed by atoms with Gasteiger partial charge in [-0.25, -0.2) is 14.8 Å². The van der Waals surface area contributed by atoms with Crippen molar-refractivity contribution in [2.45, 2.75) is 13.5 Å². The molecule has 1 aromatic heterocycles. The summed E-state index contributed by atoms with van der Waals surface area (Å²) in [6.45, 7) is 2.55. The van der Waals surface area contributed by atoms with E-state index in [0.717, 1.165) is 27.7 Å². The van der Waals surface area contributed by atoms with Crippen LogP contribution in [0.25, 0.3) is 17.0 Å². The number of esters is 1. The third-order valence-electron chi connectivity index (χ3n) is 5.03. The zero-order chi connectivity index (χ0) is 23.8. The summed E-state index contributed by atoms with van der Waals surface area (Å²) in [4.78, 5) is 20.3. The highest BCUT2D eigenvalue weighted by Gasteiger charge is 2.12. The summed E-state index contributed by atoms with van der Waals surface area (Å²) in [5.41, 5.74) is 3.52. The van der Waals surface area contributed by atoms with E-state index in [0.29, 0.717) is 30.5 Å². The Morgan fingerprint density at radius 1 is 1.00 bits per heavy atom. The molecule has 0 bridgehead atoms. The number of hydrogen-bond donors (Lipinski definition) is 1. The van der Waals surface area contributed by atoms with Crippen LogP contribution in [-0.4, -0.2) is 29.7 Å². The number of ether oxygens (including phenoxy) is 3. The molecule has 3 aromatic carbocycles. The lowest BCUT2D eigenvalue weighted by Crippen LogP contribution is -2.00. The minimum absolute atomic E-state index is 0.352. The maximum absolute atomic E-state index is 11.5. The van der Waals surface area contributed by atoms with Gasteiger partial charge in [-0.1, -0.05) is 42.5 Å². The van der Waals surface area contributed by atoms with Crippen LogP contribution in [0.3, 0.4) is 0 Å². The van der Waals surface area contributed by atoms with Gasteiger partial charge >= 0.3 is 5.97 Å². The number of aromatic nitrogens is 2. The molecule has 1 heterocycles. The van der Waals surface area contributed by atoms with Gasteiger partial charge < -0.3 is 19.5 Å². The van der Waals surface area contributed by atoms with Crippen LogP contribution in [0.4, 0.5) is 11.5 Å². The molecule has 7 heteroatoms. The number of benzene rings is 3. The fraction of sp³-hybridized carbons (Fsp3) is 0.148. The number of methoxy groups -OCH3 is 1. The molecule has 0 saturated heterocycles. The smallest absolute Gasteiger partial charge is 0.330 e. The van der Waals surface area contributed by atoms with Crippen LogP contribution in [0.15, 0.2) is 79.1 Å². The first-order chi connectivity index (χ1) is 16.7. The van der Waals surface area contributed by atoms with Crippen molar-refractivity contribution in [1.29, 1.82) is 0 Å². The first-order valence-corrected chi connectivity index (χ1v) is 10.9. The number of fused-ring (bicyclic) bond motifs is 1. The van der Waals surface area contributed by atoms with Gasteiger partial charge in [0, 0.05) is 23.2 Å². The van der Waals surface area contributed by atoms with Gasteiger partial charge in [-0.2, -0.15) is 0 Å². The summed E-state index contributed by atoms with van der Waals surface area (Å²) >= 11 is 0. The number of anilines is 2. The molecule has 4 rings (SSSR count). The zero-order valence-electron chi connectivity index (χ0n) is 19.0. The highest BCUT2D eigenvalue weighted by atomic mass is 16.5. The van der Waals surface area contributed by atoms with Gasteiger partial charge in [-0.05, 0) is 42.3 Å². The first-order valence-electron chi connectivity index (χ1n) is 10.9. The van der Waals surface area contributed by atoms with E-state index < -0.39 is 0 Å². The minimum atomic E-state index is -0.363. The quantitative estimate of drug-likeness (QED) is 0.262. The number of carbonyl (C=O) groups is 1. The van der Waals surface area contributed by atoms with Gasteiger partial charge in [-0.15, -0.1) is 0 Å². The van der Waals surface area contributed by atoms with E-state index in [4.69, 9.17) is 14.2 Å². The van der Waals surface area contributed by atoms with Crippen LogP contribution >= 0.6 is 0 Å². The molecule has 7 nitrogen and oxygen atoms in total. The van der Waals surface area contributed by atoms with Crippen molar-refractivity contribution >= 4 is 34.5 Å². The standard InChI is InChI=1S/C27H25N3O4/c1-3-33-26(31)14-11-19-9-12-21(13-10-19)30-27-22-15-24(32-2)25(16-23(22)28-18-29-27)34-17-20-7-5-4-6-8-20/h4-16,18H,3,17H2,1-2H3,(H,28,29,30)/b14-11+. The van der Waals surface area contributed by atoms with Crippen molar-refractivity contribution < 1.29 is 19.0 Å². The van der Waals surface area contributed by atoms with Crippen molar-refractivity contribution in [1.82, 2.24) is 9.97 Å². The van der Waals surface area contributed by atoms with Crippen LogP contribution in [-0.2, 0) is 16.1 Å². The van der Waals surface area contributed by atoms with Crippen LogP contribution < -0.4 is 14.8 Å². The summed E-state index contributed by atoms with van der Waals surface area (Å²) in [6.07, 6.45) is 4.63. The van der Waals surface area contributed by atoms with Gasteiger partial charge in [0.2, 0.25) is 0 Å². The Hall–Kier alpha value is -4.39. The van der Waals surface area contributed by atoms with E-state index in [2.05, 4.69) is 15.3 Å². The van der Waals surface area contributed by atoms with Crippen LogP contribution in [0, 0.1) is 0 Å². The summed E-state index contributed by atoms with van der Waals surface area (Å²) in [5, 5.41) is 4.13. The van der Waals surface area contributed by atoms with Crippen molar-refractivity contribution in [2.75, 3.05) is 19.0 Å². The summed E-state index contributed by atoms with van der Waals surface area (Å²) in [6, 6.07) is 21.3. The fourth-order valence-corrected chi connectivity index (χ4v) is 3.34. The van der Waals surface area contributed by atoms with E-state index in [1.165, 1.54) is 12.4 Å².